The lowest BCUT2D eigenvalue weighted by Crippen LogP contribution is -2.70. The molecule has 0 aromatic heterocycles. The van der Waals surface area contributed by atoms with Gasteiger partial charge in [0.2, 0.25) is 5.78 Å². The van der Waals surface area contributed by atoms with Crippen molar-refractivity contribution in [3.8, 4) is 0 Å². The maximum atomic E-state index is 17.5. The molecule has 4 aliphatic carbocycles. The first-order valence-electron chi connectivity index (χ1n) is 11.6. The minimum atomic E-state index is -2.32. The van der Waals surface area contributed by atoms with Crippen molar-refractivity contribution in [1.29, 1.82) is 0 Å². The molecule has 3 fully saturated rings. The highest BCUT2D eigenvalue weighted by Crippen LogP contribution is 2.70. The number of halogens is 1. The lowest BCUT2D eigenvalue weighted by molar-refractivity contribution is -0.231. The predicted molar refractivity (Wildman–Crippen MR) is 116 cm³/mol. The maximum Gasteiger partial charge on any atom is 0.303 e. The zero-order chi connectivity index (χ0) is 25.3. The molecule has 0 aromatic rings. The molecular weight excluding hydrogens is 447 g/mol. The molecule has 34 heavy (non-hydrogen) atoms. The van der Waals surface area contributed by atoms with Crippen molar-refractivity contribution in [3.05, 3.63) is 23.8 Å². The van der Waals surface area contributed by atoms with Crippen LogP contribution in [0.4, 0.5) is 4.39 Å². The Bertz CT molecular complexity index is 1020. The number of ketones is 2. The van der Waals surface area contributed by atoms with E-state index in [1.807, 2.05) is 0 Å². The summed E-state index contributed by atoms with van der Waals surface area (Å²) in [5.41, 5.74) is -6.43. The van der Waals surface area contributed by atoms with Crippen LogP contribution in [-0.4, -0.2) is 63.8 Å². The highest BCUT2D eigenvalue weighted by molar-refractivity contribution is 6.01. The molecule has 0 spiro atoms. The van der Waals surface area contributed by atoms with Gasteiger partial charge in [-0.3, -0.25) is 19.2 Å². The fourth-order valence-electron chi connectivity index (χ4n) is 7.30. The smallest absolute Gasteiger partial charge is 0.303 e. The van der Waals surface area contributed by atoms with Gasteiger partial charge in [0.15, 0.2) is 23.7 Å². The summed E-state index contributed by atoms with van der Waals surface area (Å²) in [5.74, 6) is -3.95. The zero-order valence-electron chi connectivity index (χ0n) is 19.8. The third kappa shape index (κ3) is 3.09. The Morgan fingerprint density at radius 1 is 1.18 bits per heavy atom. The number of hydrogen-bond acceptors (Lipinski definition) is 8. The number of alkyl halides is 1. The minimum Gasteiger partial charge on any atom is -0.459 e. The third-order valence-electron chi connectivity index (χ3n) is 8.98. The number of aliphatic hydroxyl groups excluding tert-OH is 1. The maximum absolute atomic E-state index is 17.5. The molecule has 8 nitrogen and oxygen atoms in total. The molecule has 0 aromatic carbocycles. The summed E-state index contributed by atoms with van der Waals surface area (Å²) >= 11 is 0. The molecule has 3 saturated carbocycles. The lowest BCUT2D eigenvalue weighted by atomic mass is 9.44. The van der Waals surface area contributed by atoms with Crippen LogP contribution >= 0.6 is 0 Å². The highest BCUT2D eigenvalue weighted by atomic mass is 19.1. The monoisotopic (exact) mass is 478 g/mol. The summed E-state index contributed by atoms with van der Waals surface area (Å²) in [6.45, 7) is 4.83. The van der Waals surface area contributed by atoms with Crippen molar-refractivity contribution in [1.82, 2.24) is 0 Å². The number of ether oxygens (including phenoxy) is 2. The van der Waals surface area contributed by atoms with E-state index in [0.29, 0.717) is 12.0 Å². The molecule has 0 radical (unpaired) electrons. The molecule has 0 heterocycles. The second-order valence-electron chi connectivity index (χ2n) is 10.6. The van der Waals surface area contributed by atoms with Gasteiger partial charge in [-0.15, -0.1) is 0 Å². The topological polar surface area (TPSA) is 127 Å². The molecular formula is C25H31FO8. The summed E-state index contributed by atoms with van der Waals surface area (Å²) in [5, 5.41) is 22.6. The number of fused-ring (bicyclic) bond motifs is 5. The number of allylic oxidation sites excluding steroid dienone is 4. The average Bonchev–Trinajstić information content (AvgIpc) is 2.94. The minimum absolute atomic E-state index is 0.0420. The molecule has 0 bridgehead atoms. The van der Waals surface area contributed by atoms with Crippen molar-refractivity contribution in [2.45, 2.75) is 76.9 Å². The van der Waals surface area contributed by atoms with Crippen LogP contribution in [0.5, 0.6) is 0 Å². The van der Waals surface area contributed by atoms with Gasteiger partial charge in [-0.1, -0.05) is 18.6 Å². The second kappa shape index (κ2) is 7.81. The van der Waals surface area contributed by atoms with Crippen molar-refractivity contribution in [3.63, 3.8) is 0 Å². The average molecular weight is 479 g/mol. The molecule has 0 amide bonds. The van der Waals surface area contributed by atoms with E-state index in [1.165, 1.54) is 18.2 Å². The molecule has 8 atom stereocenters. The number of Topliss-reactive ketones (excluding diaryl/α,β-unsaturated/α-hetero) is 1. The van der Waals surface area contributed by atoms with E-state index < -0.39 is 70.5 Å². The third-order valence-corrected chi connectivity index (χ3v) is 8.98. The molecule has 0 unspecified atom stereocenters. The molecule has 0 aliphatic heterocycles. The molecule has 2 N–H and O–H groups in total. The van der Waals surface area contributed by atoms with Crippen LogP contribution in [0.1, 0.15) is 53.4 Å². The Hall–Kier alpha value is -2.39. The van der Waals surface area contributed by atoms with Crippen molar-refractivity contribution in [2.24, 2.45) is 22.7 Å². The molecule has 0 saturated heterocycles. The van der Waals surface area contributed by atoms with Gasteiger partial charge in [0.05, 0.1) is 6.10 Å². The predicted octanol–water partition coefficient (Wildman–Crippen LogP) is 1.76. The number of carbonyl (C=O) groups is 4. The van der Waals surface area contributed by atoms with Crippen molar-refractivity contribution < 1.29 is 43.3 Å². The SMILES string of the molecule is CC(=O)OCC(=O)[C@@]1(O)[C@H](O)C[C@@H]2[C@@H]3CCC4=CC(=O)C=C[C@]4(C)[C@@]3(F)[C@@H](OC(C)=O)C[C@@]21C. The zero-order valence-corrected chi connectivity index (χ0v) is 19.8. The number of carbonyl (C=O) groups excluding carboxylic acids is 4. The van der Waals surface area contributed by atoms with Crippen LogP contribution in [0.3, 0.4) is 0 Å². The van der Waals surface area contributed by atoms with Crippen molar-refractivity contribution >= 4 is 23.5 Å². The summed E-state index contributed by atoms with van der Waals surface area (Å²) in [4.78, 5) is 48.4. The first-order chi connectivity index (χ1) is 15.7. The van der Waals surface area contributed by atoms with Gasteiger partial charge in [0, 0.05) is 30.6 Å². The van der Waals surface area contributed by atoms with Gasteiger partial charge in [-0.2, -0.15) is 0 Å². The van der Waals surface area contributed by atoms with E-state index in [9.17, 15) is 29.4 Å². The van der Waals surface area contributed by atoms with E-state index in [0.717, 1.165) is 13.8 Å². The second-order valence-corrected chi connectivity index (χ2v) is 10.6. The van der Waals surface area contributed by atoms with E-state index in [-0.39, 0.29) is 25.0 Å². The van der Waals surface area contributed by atoms with E-state index in [1.54, 1.807) is 13.8 Å². The van der Waals surface area contributed by atoms with Crippen LogP contribution in [0.25, 0.3) is 0 Å². The Balaban J connectivity index is 1.83. The normalized spacial score (nSPS) is 44.9. The number of aliphatic hydroxyl groups is 2. The summed E-state index contributed by atoms with van der Waals surface area (Å²) in [6, 6.07) is 0. The Labute approximate surface area is 197 Å². The summed E-state index contributed by atoms with van der Waals surface area (Å²) in [7, 11) is 0. The summed E-state index contributed by atoms with van der Waals surface area (Å²) in [6.07, 6.45) is 1.84. The van der Waals surface area contributed by atoms with E-state index in [2.05, 4.69) is 0 Å². The van der Waals surface area contributed by atoms with Crippen LogP contribution < -0.4 is 0 Å². The van der Waals surface area contributed by atoms with Gasteiger partial charge in [-0.05, 0) is 50.7 Å². The lowest BCUT2D eigenvalue weighted by Gasteiger charge is -2.62. The Morgan fingerprint density at radius 2 is 1.85 bits per heavy atom. The largest absolute Gasteiger partial charge is 0.459 e. The van der Waals surface area contributed by atoms with Crippen molar-refractivity contribution in [2.75, 3.05) is 6.61 Å². The molecule has 4 aliphatic rings. The Morgan fingerprint density at radius 3 is 2.47 bits per heavy atom. The fourth-order valence-corrected chi connectivity index (χ4v) is 7.30. The van der Waals surface area contributed by atoms with Crippen LogP contribution in [0.2, 0.25) is 0 Å². The molecule has 186 valence electrons. The van der Waals surface area contributed by atoms with Gasteiger partial charge in [0.1, 0.15) is 6.10 Å². The number of rotatable bonds is 4. The standard InChI is InChI=1S/C25H31FO8/c1-13(27)33-12-20(31)25(32)19(30)10-18-17-6-5-15-9-16(29)7-8-22(15,3)24(17,26)21(34-14(2)28)11-23(18,25)4/h7-9,17-19,21,30,32H,5-6,10-12H2,1-4H3/t17-,18+,19+,21-,22-,23-,24-,25-/m0/s1. The summed E-state index contributed by atoms with van der Waals surface area (Å²) < 4.78 is 27.9. The van der Waals surface area contributed by atoms with Gasteiger partial charge < -0.3 is 19.7 Å². The van der Waals surface area contributed by atoms with Crippen LogP contribution in [-0.2, 0) is 28.7 Å². The van der Waals surface area contributed by atoms with E-state index in [4.69, 9.17) is 9.47 Å². The fraction of sp³-hybridized carbons (Fsp3) is 0.680. The Kier molecular flexibility index (Phi) is 5.68. The van der Waals surface area contributed by atoms with Gasteiger partial charge >= 0.3 is 11.9 Å². The van der Waals surface area contributed by atoms with E-state index >= 15 is 4.39 Å². The highest BCUT2D eigenvalue weighted by Gasteiger charge is 2.77. The first kappa shape index (κ1) is 24.7. The molecule has 9 heteroatoms. The number of esters is 2. The molecule has 4 rings (SSSR count). The van der Waals surface area contributed by atoms with Gasteiger partial charge in [0.25, 0.3) is 0 Å². The van der Waals surface area contributed by atoms with Crippen LogP contribution in [0, 0.1) is 22.7 Å². The quantitative estimate of drug-likeness (QED) is 0.586. The van der Waals surface area contributed by atoms with Crippen LogP contribution in [0.15, 0.2) is 23.8 Å². The first-order valence-corrected chi connectivity index (χ1v) is 11.6. The van der Waals surface area contributed by atoms with Gasteiger partial charge in [-0.25, -0.2) is 4.39 Å². The number of hydrogen-bond donors (Lipinski definition) is 2.